The number of hydrogen-bond donors (Lipinski definition) is 1. The Labute approximate surface area is 242 Å². The Morgan fingerprint density at radius 1 is 1.08 bits per heavy atom. The van der Waals surface area contributed by atoms with Gasteiger partial charge in [-0.15, -0.1) is 29.1 Å². The van der Waals surface area contributed by atoms with E-state index in [4.69, 9.17) is 7.73 Å². The Bertz CT molecular complexity index is 1540. The number of allylic oxidation sites excluding steroid dienone is 2. The number of aromatic nitrogens is 2. The molecular formula is C33H37IrN2O2-. The van der Waals surface area contributed by atoms with Crippen molar-refractivity contribution >= 4 is 27.6 Å². The average molecular weight is 688 g/mol. The van der Waals surface area contributed by atoms with Gasteiger partial charge in [0.2, 0.25) is 0 Å². The molecule has 5 rings (SSSR count). The van der Waals surface area contributed by atoms with Crippen molar-refractivity contribution in [2.45, 2.75) is 66.7 Å². The van der Waals surface area contributed by atoms with Gasteiger partial charge in [0.05, 0.1) is 16.8 Å². The SMILES string of the molecule is CCC(CC)C(=O)/C=C(\O)C(CC)CC.[2H]C1([2H])c2cc3nccc(C)c3nc2-c2[c-]ccc3cccc1c23.[Ir]. The molecular weight excluding hydrogens is 649 g/mol. The van der Waals surface area contributed by atoms with Crippen LogP contribution in [0, 0.1) is 24.8 Å². The Morgan fingerprint density at radius 2 is 1.79 bits per heavy atom. The van der Waals surface area contributed by atoms with E-state index in [1.165, 1.54) is 6.08 Å². The van der Waals surface area contributed by atoms with E-state index in [1.54, 1.807) is 6.20 Å². The van der Waals surface area contributed by atoms with Crippen LogP contribution in [0.3, 0.4) is 0 Å². The third-order valence-corrected chi connectivity index (χ3v) is 7.34. The number of ketones is 1. The van der Waals surface area contributed by atoms with Gasteiger partial charge < -0.3 is 5.11 Å². The number of hydrogen-bond acceptors (Lipinski definition) is 4. The van der Waals surface area contributed by atoms with Crippen molar-refractivity contribution in [3.8, 4) is 11.3 Å². The number of aliphatic hydroxyl groups is 1. The van der Waals surface area contributed by atoms with Crippen molar-refractivity contribution in [3.05, 3.63) is 83.3 Å². The van der Waals surface area contributed by atoms with Crippen molar-refractivity contribution in [2.75, 3.05) is 0 Å². The van der Waals surface area contributed by atoms with Crippen LogP contribution in [0.5, 0.6) is 0 Å². The molecule has 2 aromatic heterocycles. The van der Waals surface area contributed by atoms with Gasteiger partial charge in [-0.3, -0.25) is 14.8 Å². The largest absolute Gasteiger partial charge is 0.512 e. The predicted molar refractivity (Wildman–Crippen MR) is 153 cm³/mol. The molecule has 0 fully saturated rings. The summed E-state index contributed by atoms with van der Waals surface area (Å²) in [6.07, 6.45) is 5.04. The van der Waals surface area contributed by atoms with E-state index in [1.807, 2.05) is 77.1 Å². The number of pyridine rings is 2. The molecule has 2 heterocycles. The van der Waals surface area contributed by atoms with E-state index in [9.17, 15) is 9.90 Å². The van der Waals surface area contributed by atoms with Crippen LogP contribution in [-0.4, -0.2) is 20.9 Å². The van der Waals surface area contributed by atoms with Gasteiger partial charge in [0.15, 0.2) is 5.78 Å². The number of aliphatic hydroxyl groups excluding tert-OH is 1. The summed E-state index contributed by atoms with van der Waals surface area (Å²) in [7, 11) is 0. The normalized spacial score (nSPS) is 14.3. The molecule has 0 unspecified atom stereocenters. The summed E-state index contributed by atoms with van der Waals surface area (Å²) in [6, 6.07) is 16.7. The fourth-order valence-electron chi connectivity index (χ4n) is 4.98. The second-order valence-corrected chi connectivity index (χ2v) is 9.63. The van der Waals surface area contributed by atoms with Crippen molar-refractivity contribution < 1.29 is 32.7 Å². The van der Waals surface area contributed by atoms with E-state index in [-0.39, 0.29) is 43.5 Å². The van der Waals surface area contributed by atoms with Gasteiger partial charge in [-0.2, -0.15) is 0 Å². The second-order valence-electron chi connectivity index (χ2n) is 9.63. The molecule has 1 aliphatic carbocycles. The van der Waals surface area contributed by atoms with E-state index in [2.05, 4.69) is 11.1 Å². The van der Waals surface area contributed by atoms with Crippen molar-refractivity contribution in [3.63, 3.8) is 0 Å². The minimum Gasteiger partial charge on any atom is -0.512 e. The summed E-state index contributed by atoms with van der Waals surface area (Å²) >= 11 is 0. The molecule has 201 valence electrons. The Morgan fingerprint density at radius 3 is 2.47 bits per heavy atom. The van der Waals surface area contributed by atoms with Crippen molar-refractivity contribution in [1.82, 2.24) is 9.97 Å². The van der Waals surface area contributed by atoms with Crippen LogP contribution in [0.4, 0.5) is 0 Å². The molecule has 1 radical (unpaired) electrons. The number of benzene rings is 2. The Kier molecular flexibility index (Phi) is 9.32. The maximum Gasteiger partial charge on any atom is 0.162 e. The van der Waals surface area contributed by atoms with Gasteiger partial charge in [-0.1, -0.05) is 62.4 Å². The quantitative estimate of drug-likeness (QED) is 0.121. The zero-order chi connectivity index (χ0) is 28.3. The molecule has 4 nitrogen and oxygen atoms in total. The number of nitrogens with zero attached hydrogens (tertiary/aromatic N) is 2. The summed E-state index contributed by atoms with van der Waals surface area (Å²) in [5, 5.41) is 11.7. The van der Waals surface area contributed by atoms with Crippen LogP contribution < -0.4 is 0 Å². The number of aryl methyl sites for hydroxylation is 1. The number of rotatable bonds is 7. The molecule has 0 spiro atoms. The molecule has 1 N–H and O–H groups in total. The molecule has 0 aliphatic heterocycles. The second kappa shape index (κ2) is 13.3. The Balaban J connectivity index is 0.000000243. The first-order chi connectivity index (χ1) is 18.7. The number of fused-ring (bicyclic) bond motifs is 3. The van der Waals surface area contributed by atoms with Gasteiger partial charge in [-0.25, -0.2) is 0 Å². The van der Waals surface area contributed by atoms with Crippen LogP contribution in [-0.2, 0) is 31.3 Å². The molecule has 5 heteroatoms. The fourth-order valence-corrected chi connectivity index (χ4v) is 4.98. The number of carbonyl (C=O) groups is 1. The molecule has 0 saturated heterocycles. The average Bonchev–Trinajstić information content (AvgIpc) is 2.93. The van der Waals surface area contributed by atoms with Crippen LogP contribution in [0.1, 0.15) is 72.8 Å². The van der Waals surface area contributed by atoms with Crippen LogP contribution >= 0.6 is 0 Å². The smallest absolute Gasteiger partial charge is 0.162 e. The Hall–Kier alpha value is -2.88. The first-order valence-corrected chi connectivity index (χ1v) is 13.3. The zero-order valence-electron chi connectivity index (χ0n) is 24.8. The maximum absolute atomic E-state index is 11.7. The summed E-state index contributed by atoms with van der Waals surface area (Å²) < 4.78 is 17.5. The van der Waals surface area contributed by atoms with Crippen LogP contribution in [0.15, 0.2) is 60.5 Å². The van der Waals surface area contributed by atoms with E-state index < -0.39 is 6.37 Å². The summed E-state index contributed by atoms with van der Waals surface area (Å²) in [5.74, 6) is 0.547. The molecule has 0 saturated carbocycles. The number of carbonyl (C=O) groups excluding carboxylic acids is 1. The van der Waals surface area contributed by atoms with Gasteiger partial charge in [0.25, 0.3) is 0 Å². The molecule has 0 bridgehead atoms. The first-order valence-electron chi connectivity index (χ1n) is 14.3. The van der Waals surface area contributed by atoms with Crippen molar-refractivity contribution in [2.24, 2.45) is 11.8 Å². The predicted octanol–water partition coefficient (Wildman–Crippen LogP) is 8.33. The fraction of sp³-hybridized carbons (Fsp3) is 0.364. The van der Waals surface area contributed by atoms with Gasteiger partial charge in [-0.05, 0) is 62.4 Å². The van der Waals surface area contributed by atoms with Crippen molar-refractivity contribution in [1.29, 1.82) is 0 Å². The van der Waals surface area contributed by atoms with Gasteiger partial charge in [0.1, 0.15) is 0 Å². The first kappa shape index (κ1) is 26.7. The third-order valence-electron chi connectivity index (χ3n) is 7.34. The minimum absolute atomic E-state index is 0. The van der Waals surface area contributed by atoms with Crippen LogP contribution in [0.2, 0.25) is 0 Å². The summed E-state index contributed by atoms with van der Waals surface area (Å²) in [4.78, 5) is 20.9. The third kappa shape index (κ3) is 6.05. The molecule has 38 heavy (non-hydrogen) atoms. The molecule has 4 aromatic rings. The van der Waals surface area contributed by atoms with E-state index in [0.717, 1.165) is 58.6 Å². The van der Waals surface area contributed by atoms with Gasteiger partial charge in [0, 0.05) is 47.0 Å². The van der Waals surface area contributed by atoms with E-state index in [0.29, 0.717) is 16.8 Å². The molecule has 2 aromatic carbocycles. The summed E-state index contributed by atoms with van der Waals surface area (Å²) in [5.41, 5.74) is 5.37. The van der Waals surface area contributed by atoms with Gasteiger partial charge >= 0.3 is 0 Å². The minimum atomic E-state index is -1.61. The van der Waals surface area contributed by atoms with Crippen LogP contribution in [0.25, 0.3) is 33.1 Å². The monoisotopic (exact) mass is 688 g/mol. The van der Waals surface area contributed by atoms with E-state index >= 15 is 0 Å². The molecule has 0 atom stereocenters. The zero-order valence-corrected chi connectivity index (χ0v) is 25.2. The molecule has 1 aliphatic rings. The maximum atomic E-state index is 11.7. The summed E-state index contributed by atoms with van der Waals surface area (Å²) in [6.45, 7) is 10.1. The standard InChI is InChI=1S/C20H13N2.C13H24O2.Ir/c1-12-8-9-21-17-11-15-10-14-6-2-4-13-5-3-7-16(18(13)14)20(15)22-19(12)17;1-5-10(6-2)12(14)9-13(15)11(7-3)8-4;/h2-6,8-9,11H,10H2,1H3;9-11,14H,5-8H2,1-4H3;/q-1;;/b;12-9-;/i10D2;;. The molecule has 0 amide bonds. The topological polar surface area (TPSA) is 63.1 Å².